The fourth-order valence-electron chi connectivity index (χ4n) is 5.90. The highest BCUT2D eigenvalue weighted by Crippen LogP contribution is 2.48. The van der Waals surface area contributed by atoms with Gasteiger partial charge in [-0.05, 0) is 46.3 Å². The van der Waals surface area contributed by atoms with Crippen LogP contribution in [0.15, 0.2) is 109 Å². The van der Waals surface area contributed by atoms with Gasteiger partial charge in [-0.1, -0.05) is 84.9 Å². The standard InChI is InChI=1S/C30H18BNS/c1-5-13-25-19(9-1)21-11-3-7-15-27(21)32-28-18-30-24(22-12-4-8-16-29(22)33-30)17-23(28)20-10-2-6-14-26(20)31(25)32/h1-18H. The summed E-state index contributed by atoms with van der Waals surface area (Å²) in [6.45, 7) is 0.173. The quantitative estimate of drug-likeness (QED) is 0.233. The second-order valence-corrected chi connectivity index (χ2v) is 10.0. The Labute approximate surface area is 196 Å². The van der Waals surface area contributed by atoms with Gasteiger partial charge in [0.15, 0.2) is 0 Å². The summed E-state index contributed by atoms with van der Waals surface area (Å²) < 4.78 is 2.70. The van der Waals surface area contributed by atoms with Crippen molar-refractivity contribution in [3.8, 4) is 22.3 Å². The van der Waals surface area contributed by atoms with Crippen molar-refractivity contribution in [1.29, 1.82) is 0 Å². The third-order valence-electron chi connectivity index (χ3n) is 7.27. The molecule has 5 aromatic carbocycles. The van der Waals surface area contributed by atoms with Crippen LogP contribution >= 0.6 is 11.3 Å². The van der Waals surface area contributed by atoms with Gasteiger partial charge in [-0.2, -0.15) is 0 Å². The molecule has 1 nitrogen and oxygen atoms in total. The van der Waals surface area contributed by atoms with Crippen LogP contribution in [0.5, 0.6) is 0 Å². The van der Waals surface area contributed by atoms with Gasteiger partial charge in [0.05, 0.1) is 0 Å². The van der Waals surface area contributed by atoms with E-state index >= 15 is 0 Å². The summed E-state index contributed by atoms with van der Waals surface area (Å²) in [7, 11) is 0. The topological polar surface area (TPSA) is 3.24 Å². The smallest absolute Gasteiger partial charge is 0.329 e. The Morgan fingerprint density at radius 3 is 1.94 bits per heavy atom. The van der Waals surface area contributed by atoms with E-state index in [4.69, 9.17) is 0 Å². The Balaban J connectivity index is 1.53. The van der Waals surface area contributed by atoms with E-state index in [9.17, 15) is 0 Å². The van der Waals surface area contributed by atoms with Gasteiger partial charge in [-0.25, -0.2) is 0 Å². The van der Waals surface area contributed by atoms with Gasteiger partial charge in [-0.15, -0.1) is 11.3 Å². The van der Waals surface area contributed by atoms with Gasteiger partial charge in [-0.3, -0.25) is 0 Å². The van der Waals surface area contributed by atoms with Crippen LogP contribution in [0.2, 0.25) is 0 Å². The number of hydrogen-bond acceptors (Lipinski definition) is 2. The van der Waals surface area contributed by atoms with Crippen LogP contribution in [-0.2, 0) is 0 Å². The SMILES string of the molecule is c1ccc2c(c1)B1c3ccccc3-c3cc4c(cc3N1c1ccccc1-2)sc1ccccc14. The number of fused-ring (bicyclic) bond motifs is 14. The van der Waals surface area contributed by atoms with Crippen LogP contribution < -0.4 is 15.7 Å². The zero-order valence-corrected chi connectivity index (χ0v) is 18.6. The monoisotopic (exact) mass is 435 g/mol. The minimum absolute atomic E-state index is 0.173. The fourth-order valence-corrected chi connectivity index (χ4v) is 7.02. The molecule has 0 saturated heterocycles. The summed E-state index contributed by atoms with van der Waals surface area (Å²) >= 11 is 1.90. The van der Waals surface area contributed by atoms with Crippen LogP contribution in [0.3, 0.4) is 0 Å². The lowest BCUT2D eigenvalue weighted by atomic mass is 9.43. The van der Waals surface area contributed by atoms with Crippen molar-refractivity contribution in [2.24, 2.45) is 0 Å². The summed E-state index contributed by atoms with van der Waals surface area (Å²) in [5.74, 6) is 0. The third-order valence-corrected chi connectivity index (χ3v) is 8.40. The van der Waals surface area contributed by atoms with Gasteiger partial charge >= 0.3 is 6.85 Å². The normalized spacial score (nSPS) is 13.3. The number of anilines is 2. The molecule has 0 N–H and O–H groups in total. The number of rotatable bonds is 0. The summed E-state index contributed by atoms with van der Waals surface area (Å²) in [5.41, 5.74) is 10.7. The number of benzene rings is 5. The first kappa shape index (κ1) is 17.7. The van der Waals surface area contributed by atoms with Gasteiger partial charge in [0, 0.05) is 42.7 Å². The van der Waals surface area contributed by atoms with Crippen LogP contribution in [0.25, 0.3) is 42.4 Å². The minimum Gasteiger partial charge on any atom is -0.376 e. The first-order valence-electron chi connectivity index (χ1n) is 11.4. The first-order chi connectivity index (χ1) is 16.4. The van der Waals surface area contributed by atoms with Crippen LogP contribution in [-0.4, -0.2) is 6.85 Å². The Morgan fingerprint density at radius 1 is 0.485 bits per heavy atom. The predicted molar refractivity (Wildman–Crippen MR) is 144 cm³/mol. The molecule has 33 heavy (non-hydrogen) atoms. The molecule has 0 unspecified atom stereocenters. The molecule has 0 aliphatic carbocycles. The van der Waals surface area contributed by atoms with E-state index in [1.165, 1.54) is 64.7 Å². The molecule has 3 heterocycles. The molecular weight excluding hydrogens is 417 g/mol. The van der Waals surface area contributed by atoms with E-state index in [0.29, 0.717) is 0 Å². The van der Waals surface area contributed by atoms with E-state index in [0.717, 1.165) is 0 Å². The van der Waals surface area contributed by atoms with Gasteiger partial charge < -0.3 is 4.81 Å². The molecule has 8 rings (SSSR count). The highest BCUT2D eigenvalue weighted by atomic mass is 32.1. The Morgan fingerprint density at radius 2 is 1.12 bits per heavy atom. The molecule has 0 radical (unpaired) electrons. The first-order valence-corrected chi connectivity index (χ1v) is 12.2. The predicted octanol–water partition coefficient (Wildman–Crippen LogP) is 6.96. The van der Waals surface area contributed by atoms with Crippen molar-refractivity contribution in [2.75, 3.05) is 4.81 Å². The zero-order chi connectivity index (χ0) is 21.5. The summed E-state index contributed by atoms with van der Waals surface area (Å²) in [5, 5.41) is 2.71. The average Bonchev–Trinajstić information content (AvgIpc) is 3.25. The molecule has 0 fully saturated rings. The summed E-state index contributed by atoms with van der Waals surface area (Å²) in [6, 6.07) is 40.4. The molecule has 1 aromatic heterocycles. The van der Waals surface area contributed by atoms with Gasteiger partial charge in [0.2, 0.25) is 0 Å². The molecule has 152 valence electrons. The minimum atomic E-state index is 0.173. The highest BCUT2D eigenvalue weighted by molar-refractivity contribution is 7.25. The zero-order valence-electron chi connectivity index (χ0n) is 17.8. The van der Waals surface area contributed by atoms with Crippen LogP contribution in [0.1, 0.15) is 0 Å². The van der Waals surface area contributed by atoms with Crippen molar-refractivity contribution in [3.63, 3.8) is 0 Å². The lowest BCUT2D eigenvalue weighted by Gasteiger charge is -2.43. The Kier molecular flexibility index (Phi) is 3.42. The van der Waals surface area contributed by atoms with Gasteiger partial charge in [0.1, 0.15) is 0 Å². The molecule has 0 atom stereocenters. The van der Waals surface area contributed by atoms with E-state index in [1.54, 1.807) is 0 Å². The van der Waals surface area contributed by atoms with Crippen LogP contribution in [0, 0.1) is 0 Å². The lowest BCUT2D eigenvalue weighted by Crippen LogP contribution is -2.59. The molecule has 0 spiro atoms. The maximum Gasteiger partial charge on any atom is 0.329 e. The summed E-state index contributed by atoms with van der Waals surface area (Å²) in [6.07, 6.45) is 0. The number of hydrogen-bond donors (Lipinski definition) is 0. The van der Waals surface area contributed by atoms with E-state index in [-0.39, 0.29) is 6.85 Å². The Bertz CT molecular complexity index is 1750. The van der Waals surface area contributed by atoms with E-state index in [1.807, 2.05) is 11.3 Å². The van der Waals surface area contributed by atoms with Crippen molar-refractivity contribution in [3.05, 3.63) is 109 Å². The second kappa shape index (κ2) is 6.37. The van der Waals surface area contributed by atoms with E-state index in [2.05, 4.69) is 114 Å². The molecule has 0 amide bonds. The number of nitrogens with zero attached hydrogens (tertiary/aromatic N) is 1. The van der Waals surface area contributed by atoms with E-state index < -0.39 is 0 Å². The molecule has 3 heteroatoms. The second-order valence-electron chi connectivity index (χ2n) is 8.93. The molecule has 0 bridgehead atoms. The maximum atomic E-state index is 2.58. The average molecular weight is 435 g/mol. The highest BCUT2D eigenvalue weighted by Gasteiger charge is 2.42. The molecule has 2 aliphatic heterocycles. The van der Waals surface area contributed by atoms with Gasteiger partial charge in [0.25, 0.3) is 0 Å². The maximum absolute atomic E-state index is 2.58. The fraction of sp³-hybridized carbons (Fsp3) is 0. The molecule has 6 aromatic rings. The Hall–Kier alpha value is -3.82. The third kappa shape index (κ3) is 2.27. The number of para-hydroxylation sites is 1. The molecule has 0 saturated carbocycles. The molecular formula is C30H18BNS. The largest absolute Gasteiger partial charge is 0.376 e. The number of thiophene rings is 1. The molecule has 2 aliphatic rings. The van der Waals surface area contributed by atoms with Crippen molar-refractivity contribution in [1.82, 2.24) is 0 Å². The van der Waals surface area contributed by atoms with Crippen molar-refractivity contribution in [2.45, 2.75) is 0 Å². The van der Waals surface area contributed by atoms with Crippen molar-refractivity contribution < 1.29 is 0 Å². The summed E-state index contributed by atoms with van der Waals surface area (Å²) in [4.78, 5) is 2.58. The van der Waals surface area contributed by atoms with Crippen molar-refractivity contribution >= 4 is 60.7 Å². The lowest BCUT2D eigenvalue weighted by molar-refractivity contribution is 1.36. The van der Waals surface area contributed by atoms with Crippen LogP contribution in [0.4, 0.5) is 11.4 Å².